The van der Waals surface area contributed by atoms with Crippen LogP contribution < -0.4 is 22.1 Å². The number of aromatic amines is 1. The molecule has 2 rings (SSSR count). The Kier molecular flexibility index (Phi) is 8.17. The zero-order valence-electron chi connectivity index (χ0n) is 18.7. The number of hydrogen-bond acceptors (Lipinski definition) is 9. The van der Waals surface area contributed by atoms with Gasteiger partial charge in [-0.3, -0.25) is 23.7 Å². The number of nitrogens with zero attached hydrogens (tertiary/aromatic N) is 1. The Bertz CT molecular complexity index is 1090. The van der Waals surface area contributed by atoms with Gasteiger partial charge in [0.1, 0.15) is 33.9 Å². The summed E-state index contributed by atoms with van der Waals surface area (Å²) >= 11 is 0. The first kappa shape index (κ1) is 27.0. The first-order valence-electron chi connectivity index (χ1n) is 9.95. The van der Waals surface area contributed by atoms with Crippen LogP contribution in [0, 0.1) is 18.2 Å². The van der Waals surface area contributed by atoms with Gasteiger partial charge in [0.2, 0.25) is 5.82 Å². The molecule has 1 aliphatic rings. The molecule has 3 unspecified atom stereocenters. The van der Waals surface area contributed by atoms with E-state index in [4.69, 9.17) is 26.2 Å². The highest BCUT2D eigenvalue weighted by Gasteiger charge is 2.59. The number of ether oxygens (including phenoxy) is 2. The summed E-state index contributed by atoms with van der Waals surface area (Å²) < 4.78 is 43.2. The molecule has 5 N–H and O–H groups in total. The third kappa shape index (κ3) is 5.66. The lowest BCUT2D eigenvalue weighted by molar-refractivity contribution is -0.149. The van der Waals surface area contributed by atoms with Crippen LogP contribution in [0.4, 0.5) is 4.39 Å². The van der Waals surface area contributed by atoms with Crippen molar-refractivity contribution in [3.8, 4) is 12.3 Å². The Morgan fingerprint density at radius 2 is 2.12 bits per heavy atom. The number of nitrogens with two attached hydrogens (primary N) is 1. The zero-order chi connectivity index (χ0) is 25.3. The maximum absolute atomic E-state index is 13.8. The van der Waals surface area contributed by atoms with Crippen LogP contribution in [0.2, 0.25) is 0 Å². The summed E-state index contributed by atoms with van der Waals surface area (Å²) in [4.78, 5) is 37.2. The minimum atomic E-state index is -3.09. The van der Waals surface area contributed by atoms with E-state index < -0.39 is 66.6 Å². The highest BCUT2D eigenvalue weighted by molar-refractivity contribution is 7.37. The number of aromatic nitrogens is 2. The highest BCUT2D eigenvalue weighted by Crippen LogP contribution is 2.41. The van der Waals surface area contributed by atoms with E-state index in [0.717, 1.165) is 0 Å². The van der Waals surface area contributed by atoms with Crippen LogP contribution in [0.25, 0.3) is 0 Å². The van der Waals surface area contributed by atoms with Gasteiger partial charge in [-0.25, -0.2) is 9.88 Å². The number of halogens is 1. The van der Waals surface area contributed by atoms with E-state index in [-0.39, 0.29) is 6.10 Å². The fourth-order valence-electron chi connectivity index (χ4n) is 3.25. The van der Waals surface area contributed by atoms with Crippen LogP contribution in [-0.2, 0) is 23.4 Å². The summed E-state index contributed by atoms with van der Waals surface area (Å²) in [6.45, 7) is 4.75. The lowest BCUT2D eigenvalue weighted by atomic mass is 9.60. The van der Waals surface area contributed by atoms with Crippen molar-refractivity contribution in [3.63, 3.8) is 0 Å². The molecule has 1 aromatic rings. The van der Waals surface area contributed by atoms with Gasteiger partial charge in [0.25, 0.3) is 13.7 Å². The second kappa shape index (κ2) is 9.97. The monoisotopic (exact) mass is 486 g/mol. The van der Waals surface area contributed by atoms with E-state index in [1.807, 2.05) is 0 Å². The van der Waals surface area contributed by atoms with E-state index in [9.17, 15) is 28.4 Å². The molecule has 0 saturated carbocycles. The van der Waals surface area contributed by atoms with Crippen molar-refractivity contribution in [2.45, 2.75) is 62.3 Å². The molecule has 0 spiro atoms. The molecule has 33 heavy (non-hydrogen) atoms. The fraction of sp³-hybridized carbons (Fsp3) is 0.588. The van der Waals surface area contributed by atoms with E-state index >= 15 is 0 Å². The van der Waals surface area contributed by atoms with Crippen LogP contribution in [-0.4, -0.2) is 71.6 Å². The van der Waals surface area contributed by atoms with Gasteiger partial charge >= 0.3 is 11.7 Å². The van der Waals surface area contributed by atoms with Crippen molar-refractivity contribution in [2.75, 3.05) is 0 Å². The minimum absolute atomic E-state index is 0.372. The maximum atomic E-state index is 13.8. The molecule has 0 aromatic carbocycles. The molecular formula is C17H26B2FN4O8P. The van der Waals surface area contributed by atoms with Crippen LogP contribution in [0.15, 0.2) is 15.8 Å². The number of carbonyl (C=O) groups is 1. The molecule has 180 valence electrons. The molecule has 0 bridgehead atoms. The first-order valence-corrected chi connectivity index (χ1v) is 11.3. The summed E-state index contributed by atoms with van der Waals surface area (Å²) in [6.07, 6.45) is 1.07. The second-order valence-electron chi connectivity index (χ2n) is 8.42. The second-order valence-corrected chi connectivity index (χ2v) is 9.49. The van der Waals surface area contributed by atoms with Crippen LogP contribution in [0.5, 0.6) is 0 Å². The predicted octanol–water partition coefficient (Wildman–Crippen LogP) is -3.48. The van der Waals surface area contributed by atoms with Gasteiger partial charge < -0.3 is 24.8 Å². The molecule has 2 heterocycles. The third-order valence-corrected chi connectivity index (χ3v) is 6.35. The predicted molar refractivity (Wildman–Crippen MR) is 121 cm³/mol. The van der Waals surface area contributed by atoms with E-state index in [1.165, 1.54) is 22.6 Å². The molecule has 6 atom stereocenters. The van der Waals surface area contributed by atoms with Gasteiger partial charge in [-0.15, -0.1) is 6.42 Å². The van der Waals surface area contributed by atoms with E-state index in [0.29, 0.717) is 10.8 Å². The maximum Gasteiger partial charge on any atom is 0.330 e. The first-order chi connectivity index (χ1) is 15.1. The lowest BCUT2D eigenvalue weighted by Gasteiger charge is -2.34. The van der Waals surface area contributed by atoms with Crippen LogP contribution in [0.1, 0.15) is 27.0 Å². The van der Waals surface area contributed by atoms with E-state index in [2.05, 4.69) is 11.0 Å². The summed E-state index contributed by atoms with van der Waals surface area (Å²) in [6, 6.07) is -0.959. The van der Waals surface area contributed by atoms with Crippen molar-refractivity contribution in [1.29, 1.82) is 0 Å². The summed E-state index contributed by atoms with van der Waals surface area (Å²) in [7, 11) is -0.262. The molecule has 1 fully saturated rings. The molecule has 1 saturated heterocycles. The number of esters is 1. The minimum Gasteiger partial charge on any atom is -0.462 e. The number of aliphatic hydroxyl groups excluding tert-OH is 1. The van der Waals surface area contributed by atoms with Crippen LogP contribution >= 0.6 is 8.18 Å². The Balaban J connectivity index is 2.27. The number of hydrogen-bond donors (Lipinski definition) is 4. The number of H-pyrrole nitrogens is 1. The Hall–Kier alpha value is -2.20. The highest BCUT2D eigenvalue weighted by atomic mass is 31.1. The van der Waals surface area contributed by atoms with Gasteiger partial charge in [-0.05, 0) is 20.8 Å². The van der Waals surface area contributed by atoms with Gasteiger partial charge in [0.05, 0.1) is 12.3 Å². The summed E-state index contributed by atoms with van der Waals surface area (Å²) in [5, 5.41) is 11.8. The standard InChI is InChI=1S/C17H26B2FN4O8P/c1-5-16(21)10(25)11(31-14(16)24-6-9(20)12(26)22-15(24)28)17(18,19)32-33(29)23-8(4)13(27)30-7(2)3/h1,6-8,10-11,14,25,33H,18-19,21H2,2-4H3,(H,23,29)(H,22,26,28)/t8-,10?,11?,14+,16+/m0/s1. The molecule has 1 aliphatic heterocycles. The normalized spacial score (nSPS) is 27.2. The summed E-state index contributed by atoms with van der Waals surface area (Å²) in [5.74, 6) is 0.200. The van der Waals surface area contributed by atoms with Crippen molar-refractivity contribution in [1.82, 2.24) is 14.6 Å². The summed E-state index contributed by atoms with van der Waals surface area (Å²) in [5.41, 5.74) is 1.76. The average molecular weight is 486 g/mol. The molecular weight excluding hydrogens is 460 g/mol. The molecule has 16 heteroatoms. The van der Waals surface area contributed by atoms with Gasteiger partial charge in [0.15, 0.2) is 11.8 Å². The quantitative estimate of drug-likeness (QED) is 0.125. The van der Waals surface area contributed by atoms with Crippen LogP contribution in [0.3, 0.4) is 0 Å². The smallest absolute Gasteiger partial charge is 0.330 e. The lowest BCUT2D eigenvalue weighted by Crippen LogP contribution is -2.58. The van der Waals surface area contributed by atoms with Gasteiger partial charge in [0, 0.05) is 5.40 Å². The van der Waals surface area contributed by atoms with Gasteiger partial charge in [-0.2, -0.15) is 4.39 Å². The molecule has 12 nitrogen and oxygen atoms in total. The zero-order valence-corrected chi connectivity index (χ0v) is 19.7. The number of carbonyl (C=O) groups excluding carboxylic acids is 1. The number of rotatable bonds is 8. The average Bonchev–Trinajstić information content (AvgIpc) is 2.96. The van der Waals surface area contributed by atoms with Crippen molar-refractivity contribution in [2.24, 2.45) is 5.73 Å². The topological polar surface area (TPSA) is 175 Å². The Morgan fingerprint density at radius 1 is 1.52 bits per heavy atom. The molecule has 0 amide bonds. The number of nitrogens with one attached hydrogen (secondary N) is 2. The molecule has 1 aromatic heterocycles. The molecule has 0 aliphatic carbocycles. The van der Waals surface area contributed by atoms with Crippen molar-refractivity contribution < 1.29 is 32.9 Å². The largest absolute Gasteiger partial charge is 0.462 e. The Morgan fingerprint density at radius 3 is 2.67 bits per heavy atom. The number of aliphatic hydroxyl groups is 1. The number of terminal acetylenes is 1. The Labute approximate surface area is 191 Å². The third-order valence-electron chi connectivity index (χ3n) is 4.97. The van der Waals surface area contributed by atoms with Crippen molar-refractivity contribution >= 4 is 29.8 Å². The van der Waals surface area contributed by atoms with Gasteiger partial charge in [-0.1, -0.05) is 5.92 Å². The SMILES string of the molecule is BC(B)(O[PH](=O)N[C@@H](C)C(=O)OC(C)C)C1O[C@@H](n2cc(F)c(=O)[nH]c2=O)[C@@](N)(C#C)C1O. The molecule has 0 radical (unpaired) electrons. The fourth-order valence-corrected chi connectivity index (χ4v) is 4.37. The van der Waals surface area contributed by atoms with E-state index in [1.54, 1.807) is 18.8 Å². The van der Waals surface area contributed by atoms with Crippen molar-refractivity contribution in [3.05, 3.63) is 32.9 Å².